The molecule has 0 saturated heterocycles. The van der Waals surface area contributed by atoms with Crippen LogP contribution in [0.2, 0.25) is 2.82 Å². The number of benzene rings is 1. The maximum Gasteiger partial charge on any atom is 0.156 e. The van der Waals surface area contributed by atoms with Gasteiger partial charge in [-0.1, -0.05) is 6.07 Å². The fourth-order valence-corrected chi connectivity index (χ4v) is 0.344. The van der Waals surface area contributed by atoms with Crippen molar-refractivity contribution in [3.8, 4) is 0 Å². The van der Waals surface area contributed by atoms with Gasteiger partial charge >= 0.3 is 0 Å². The molecule has 2 N–H and O–H groups in total. The van der Waals surface area contributed by atoms with Crippen LogP contribution in [0.1, 0.15) is 4.11 Å². The first-order valence-corrected chi connectivity index (χ1v) is 1.99. The van der Waals surface area contributed by atoms with Crippen LogP contribution in [0.15, 0.2) is 24.2 Å². The molecular formula is C6H6FN. The molecule has 0 bridgehead atoms. The van der Waals surface area contributed by atoms with Crippen LogP contribution >= 0.6 is 0 Å². The van der Waals surface area contributed by atoms with Gasteiger partial charge in [-0.2, -0.15) is 0 Å². The van der Waals surface area contributed by atoms with Crippen LogP contribution in [0.5, 0.6) is 0 Å². The highest BCUT2D eigenvalue weighted by molar-refractivity contribution is 5.36. The SMILES string of the molecule is [2H]c1cc([2H])c(N([2H])[2H])c([2H])c1F. The van der Waals surface area contributed by atoms with Crippen LogP contribution in [0.4, 0.5) is 10.1 Å². The summed E-state index contributed by atoms with van der Waals surface area (Å²) in [5.41, 5.74) is -0.471. The molecule has 0 aliphatic carbocycles. The molecule has 0 atom stereocenters. The van der Waals surface area contributed by atoms with Gasteiger partial charge in [0, 0.05) is 5.69 Å². The lowest BCUT2D eigenvalue weighted by molar-refractivity contribution is 0.628. The van der Waals surface area contributed by atoms with E-state index in [-0.39, 0.29) is 11.8 Å². The third-order valence-corrected chi connectivity index (χ3v) is 0.636. The Hall–Kier alpha value is -1.05. The highest BCUT2D eigenvalue weighted by Crippen LogP contribution is 2.02. The van der Waals surface area contributed by atoms with Crippen molar-refractivity contribution in [2.75, 3.05) is 5.72 Å². The zero-order chi connectivity index (χ0) is 10.2. The first-order chi connectivity index (χ1) is 5.95. The van der Waals surface area contributed by atoms with Gasteiger partial charge in [0.25, 0.3) is 0 Å². The lowest BCUT2D eigenvalue weighted by atomic mass is 10.3. The fraction of sp³-hybridized carbons (Fsp3) is 0. The van der Waals surface area contributed by atoms with Crippen LogP contribution in [-0.4, -0.2) is 0 Å². The molecule has 2 heteroatoms. The predicted octanol–water partition coefficient (Wildman–Crippen LogP) is 1.41. The number of nitrogen functional groups attached to an aromatic ring is 1. The van der Waals surface area contributed by atoms with E-state index in [0.717, 1.165) is 6.07 Å². The van der Waals surface area contributed by atoms with Gasteiger partial charge in [-0.3, -0.25) is 0 Å². The molecule has 0 aromatic heterocycles. The van der Waals surface area contributed by atoms with Gasteiger partial charge in [0.05, 0.1) is 4.11 Å². The van der Waals surface area contributed by atoms with Crippen molar-refractivity contribution in [3.05, 3.63) is 30.0 Å². The highest BCUT2D eigenvalue weighted by atomic mass is 19.1. The van der Waals surface area contributed by atoms with Crippen molar-refractivity contribution in [1.82, 2.24) is 0 Å². The molecule has 1 rings (SSSR count). The minimum Gasteiger partial charge on any atom is -0.399 e. The van der Waals surface area contributed by atoms with Gasteiger partial charge in [-0.25, -0.2) is 4.39 Å². The number of hydrogen-bond acceptors (Lipinski definition) is 1. The summed E-state index contributed by atoms with van der Waals surface area (Å²) in [5.74, 6) is -1.12. The van der Waals surface area contributed by atoms with Crippen LogP contribution in [0.25, 0.3) is 0 Å². The Balaban J connectivity index is 3.44. The van der Waals surface area contributed by atoms with Crippen molar-refractivity contribution < 1.29 is 11.3 Å². The third kappa shape index (κ3) is 0.964. The standard InChI is InChI=1S/C6H6FN/c7-5-2-1-3-6(8)4-5/h1-4H,8H2/i2D,3D,4D/hD2. The first kappa shape index (κ1) is 1.72. The summed E-state index contributed by atoms with van der Waals surface area (Å²) < 4.78 is 47.8. The van der Waals surface area contributed by atoms with Crippen molar-refractivity contribution >= 4 is 5.69 Å². The molecule has 0 saturated carbocycles. The minimum atomic E-state index is -1.12. The molecule has 0 unspecified atom stereocenters. The summed E-state index contributed by atoms with van der Waals surface area (Å²) in [4.78, 5) is 0. The Morgan fingerprint density at radius 1 is 1.75 bits per heavy atom. The number of hydrogen-bond donors (Lipinski definition) is 1. The first-order valence-electron chi connectivity index (χ1n) is 4.38. The fourth-order valence-electron chi connectivity index (χ4n) is 0.344. The largest absolute Gasteiger partial charge is 0.399 e. The van der Waals surface area contributed by atoms with Gasteiger partial charge in [-0.05, 0) is 18.1 Å². The van der Waals surface area contributed by atoms with E-state index < -0.39 is 23.6 Å². The highest BCUT2D eigenvalue weighted by Gasteiger charge is 1.85. The molecule has 1 nitrogen and oxygen atoms in total. The summed E-state index contributed by atoms with van der Waals surface area (Å²) in [7, 11) is 0. The smallest absolute Gasteiger partial charge is 0.156 e. The molecule has 0 aliphatic heterocycles. The molecule has 0 amide bonds. The van der Waals surface area contributed by atoms with Crippen LogP contribution in [0.3, 0.4) is 0 Å². The number of nitrogens with two attached hydrogens (primary N) is 1. The number of halogens is 1. The summed E-state index contributed by atoms with van der Waals surface area (Å²) in [6.45, 7) is 0. The molecule has 0 heterocycles. The average Bonchev–Trinajstić information content (AvgIpc) is 1.99. The minimum absolute atomic E-state index is 0.00676. The summed E-state index contributed by atoms with van der Waals surface area (Å²) in [5, 5.41) is 0. The molecule has 0 aliphatic rings. The van der Waals surface area contributed by atoms with E-state index in [9.17, 15) is 4.39 Å². The Kier molecular flexibility index (Phi) is 0.392. The summed E-state index contributed by atoms with van der Waals surface area (Å²) >= 11 is 0. The van der Waals surface area contributed by atoms with Crippen LogP contribution < -0.4 is 5.72 Å². The van der Waals surface area contributed by atoms with Gasteiger partial charge in [-0.15, -0.1) is 0 Å². The lowest BCUT2D eigenvalue weighted by Gasteiger charge is -1.88. The Morgan fingerprint density at radius 2 is 2.62 bits per heavy atom. The van der Waals surface area contributed by atoms with E-state index in [1.54, 1.807) is 0 Å². The molecule has 1 aromatic carbocycles. The van der Waals surface area contributed by atoms with Crippen molar-refractivity contribution in [3.63, 3.8) is 0 Å². The zero-order valence-electron chi connectivity index (χ0n) is 8.90. The van der Waals surface area contributed by atoms with E-state index in [4.69, 9.17) is 6.94 Å². The summed E-state index contributed by atoms with van der Waals surface area (Å²) in [6.07, 6.45) is 0. The van der Waals surface area contributed by atoms with Gasteiger partial charge in [0.1, 0.15) is 5.82 Å². The van der Waals surface area contributed by atoms with Crippen LogP contribution in [-0.2, 0) is 0 Å². The lowest BCUT2D eigenvalue weighted by Crippen LogP contribution is -1.83. The summed E-state index contributed by atoms with van der Waals surface area (Å²) in [6, 6.07) is -0.844. The van der Waals surface area contributed by atoms with Gasteiger partial charge < -0.3 is 5.72 Å². The molecular weight excluding hydrogens is 105 g/mol. The Bertz CT molecular complexity index is 340. The normalized spacial score (nSPS) is 17.4. The van der Waals surface area contributed by atoms with E-state index in [0.29, 0.717) is 0 Å². The van der Waals surface area contributed by atoms with Crippen LogP contribution in [0, 0.1) is 5.82 Å². The van der Waals surface area contributed by atoms with Crippen molar-refractivity contribution in [2.24, 2.45) is 0 Å². The topological polar surface area (TPSA) is 26.0 Å². The van der Waals surface area contributed by atoms with E-state index in [1.165, 1.54) is 0 Å². The maximum atomic E-state index is 12.9. The maximum absolute atomic E-state index is 12.9. The van der Waals surface area contributed by atoms with Crippen molar-refractivity contribution in [1.29, 1.82) is 0 Å². The van der Waals surface area contributed by atoms with E-state index in [1.807, 2.05) is 0 Å². The molecule has 0 spiro atoms. The quantitative estimate of drug-likeness (QED) is 0.551. The van der Waals surface area contributed by atoms with E-state index in [2.05, 4.69) is 0 Å². The monoisotopic (exact) mass is 116 g/mol. The van der Waals surface area contributed by atoms with Gasteiger partial charge in [0.2, 0.25) is 0 Å². The number of anilines is 1. The molecule has 0 radical (unpaired) electrons. The number of rotatable bonds is 1. The molecule has 0 fully saturated rings. The third-order valence-electron chi connectivity index (χ3n) is 0.636. The van der Waals surface area contributed by atoms with Crippen molar-refractivity contribution in [2.45, 2.75) is 0 Å². The molecule has 42 valence electrons. The second-order valence-corrected chi connectivity index (χ2v) is 1.22. The average molecular weight is 116 g/mol. The zero-order valence-corrected chi connectivity index (χ0v) is 3.90. The predicted molar refractivity (Wildman–Crippen MR) is 30.8 cm³/mol. The molecule has 1 aromatic rings. The Labute approximate surface area is 54.1 Å². The molecule has 8 heavy (non-hydrogen) atoms. The Morgan fingerprint density at radius 3 is 3.38 bits per heavy atom. The van der Waals surface area contributed by atoms with Gasteiger partial charge in [0.15, 0.2) is 2.82 Å². The van der Waals surface area contributed by atoms with E-state index >= 15 is 0 Å². The second kappa shape index (κ2) is 1.82. The second-order valence-electron chi connectivity index (χ2n) is 1.22.